The van der Waals surface area contributed by atoms with Gasteiger partial charge in [0.2, 0.25) is 5.72 Å². The number of halogens is 1. The second-order valence-electron chi connectivity index (χ2n) is 3.55. The average molecular weight is 278 g/mol. The molecule has 0 radical (unpaired) electrons. The van der Waals surface area contributed by atoms with Crippen molar-refractivity contribution in [2.75, 3.05) is 18.5 Å². The van der Waals surface area contributed by atoms with E-state index in [-0.39, 0.29) is 5.78 Å². The van der Waals surface area contributed by atoms with E-state index in [2.05, 4.69) is 21.2 Å². The number of ketones is 1. The molecule has 1 unspecified atom stereocenters. The molecule has 86 valence electrons. The summed E-state index contributed by atoms with van der Waals surface area (Å²) in [6, 6.07) is 0. The van der Waals surface area contributed by atoms with E-state index in [0.29, 0.717) is 25.9 Å². The molecule has 0 bridgehead atoms. The smallest absolute Gasteiger partial charge is 0.235 e. The van der Waals surface area contributed by atoms with Crippen LogP contribution in [0, 0.1) is 0 Å². The SMILES string of the molecule is O=CC1(C(=O)CCCCCBr)NCCO1. The Kier molecular flexibility index (Phi) is 5.42. The lowest BCUT2D eigenvalue weighted by molar-refractivity contribution is -0.147. The summed E-state index contributed by atoms with van der Waals surface area (Å²) >= 11 is 3.33. The van der Waals surface area contributed by atoms with Crippen LogP contribution in [0.4, 0.5) is 0 Å². The number of alkyl halides is 1. The van der Waals surface area contributed by atoms with Crippen LogP contribution in [-0.4, -0.2) is 36.3 Å². The number of hydrogen-bond donors (Lipinski definition) is 1. The summed E-state index contributed by atoms with van der Waals surface area (Å²) in [5.74, 6) is -0.149. The predicted octanol–water partition coefficient (Wildman–Crippen LogP) is 1.03. The highest BCUT2D eigenvalue weighted by molar-refractivity contribution is 9.09. The molecule has 1 rings (SSSR count). The molecule has 4 nitrogen and oxygen atoms in total. The second-order valence-corrected chi connectivity index (χ2v) is 4.34. The van der Waals surface area contributed by atoms with Crippen LogP contribution in [0.3, 0.4) is 0 Å². The maximum Gasteiger partial charge on any atom is 0.235 e. The fraction of sp³-hybridized carbons (Fsp3) is 0.800. The molecule has 1 atom stereocenters. The molecule has 0 amide bonds. The van der Waals surface area contributed by atoms with E-state index >= 15 is 0 Å². The van der Waals surface area contributed by atoms with Crippen molar-refractivity contribution in [3.63, 3.8) is 0 Å². The zero-order chi connectivity index (χ0) is 11.1. The quantitative estimate of drug-likeness (QED) is 0.327. The topological polar surface area (TPSA) is 55.4 Å². The molecule has 1 fully saturated rings. The van der Waals surface area contributed by atoms with Crippen LogP contribution in [0.2, 0.25) is 0 Å². The van der Waals surface area contributed by atoms with E-state index < -0.39 is 5.72 Å². The minimum absolute atomic E-state index is 0.149. The maximum absolute atomic E-state index is 11.7. The number of rotatable bonds is 7. The minimum atomic E-state index is -1.34. The summed E-state index contributed by atoms with van der Waals surface area (Å²) in [6.07, 6.45) is 3.83. The third-order valence-electron chi connectivity index (χ3n) is 2.44. The molecule has 15 heavy (non-hydrogen) atoms. The molecule has 0 saturated carbocycles. The summed E-state index contributed by atoms with van der Waals surface area (Å²) in [5, 5.41) is 3.76. The van der Waals surface area contributed by atoms with Crippen LogP contribution in [0.1, 0.15) is 25.7 Å². The van der Waals surface area contributed by atoms with Crippen LogP contribution in [0.15, 0.2) is 0 Å². The van der Waals surface area contributed by atoms with Gasteiger partial charge in [0, 0.05) is 18.3 Å². The largest absolute Gasteiger partial charge is 0.346 e. The molecule has 0 aromatic heterocycles. The monoisotopic (exact) mass is 277 g/mol. The highest BCUT2D eigenvalue weighted by atomic mass is 79.9. The Morgan fingerprint density at radius 3 is 2.80 bits per heavy atom. The first-order valence-corrected chi connectivity index (χ1v) is 6.32. The number of unbranched alkanes of at least 4 members (excludes halogenated alkanes) is 2. The number of Topliss-reactive ketones (excluding diaryl/α,β-unsaturated/α-hetero) is 1. The average Bonchev–Trinajstić information content (AvgIpc) is 2.74. The number of carbonyl (C=O) groups is 2. The molecule has 0 aromatic rings. The standard InChI is InChI=1S/C10H16BrNO3/c11-5-3-1-2-4-9(14)10(8-13)12-6-7-15-10/h8,12H,1-7H2. The molecule has 5 heteroatoms. The fourth-order valence-electron chi connectivity index (χ4n) is 1.56. The number of aldehydes is 1. The van der Waals surface area contributed by atoms with Crippen LogP contribution < -0.4 is 5.32 Å². The van der Waals surface area contributed by atoms with Gasteiger partial charge in [-0.3, -0.25) is 14.9 Å². The second kappa shape index (κ2) is 6.35. The molecule has 1 N–H and O–H groups in total. The van der Waals surface area contributed by atoms with Crippen molar-refractivity contribution < 1.29 is 14.3 Å². The molecule has 1 heterocycles. The summed E-state index contributed by atoms with van der Waals surface area (Å²) < 4.78 is 5.17. The van der Waals surface area contributed by atoms with Gasteiger partial charge in [-0.15, -0.1) is 0 Å². The predicted molar refractivity (Wildman–Crippen MR) is 60.0 cm³/mol. The Hall–Kier alpha value is -0.260. The van der Waals surface area contributed by atoms with Crippen LogP contribution in [0.25, 0.3) is 0 Å². The van der Waals surface area contributed by atoms with Crippen LogP contribution >= 0.6 is 15.9 Å². The van der Waals surface area contributed by atoms with Crippen molar-refractivity contribution >= 4 is 28.0 Å². The first kappa shape index (κ1) is 12.8. The summed E-state index contributed by atoms with van der Waals surface area (Å²) in [5.41, 5.74) is -1.34. The molecule has 1 aliphatic rings. The number of nitrogens with one attached hydrogen (secondary N) is 1. The van der Waals surface area contributed by atoms with Gasteiger partial charge in [0.05, 0.1) is 6.61 Å². The van der Waals surface area contributed by atoms with Gasteiger partial charge in [0.25, 0.3) is 0 Å². The van der Waals surface area contributed by atoms with E-state index in [1.807, 2.05) is 0 Å². The van der Waals surface area contributed by atoms with Crippen molar-refractivity contribution in [1.82, 2.24) is 5.32 Å². The van der Waals surface area contributed by atoms with Crippen molar-refractivity contribution in [3.8, 4) is 0 Å². The minimum Gasteiger partial charge on any atom is -0.346 e. The number of ether oxygens (including phenoxy) is 1. The van der Waals surface area contributed by atoms with Gasteiger partial charge in [-0.05, 0) is 12.8 Å². The highest BCUT2D eigenvalue weighted by Crippen LogP contribution is 2.15. The van der Waals surface area contributed by atoms with E-state index in [1.54, 1.807) is 0 Å². The fourth-order valence-corrected chi connectivity index (χ4v) is 1.96. The molecule has 0 spiro atoms. The van der Waals surface area contributed by atoms with E-state index in [0.717, 1.165) is 24.6 Å². The third-order valence-corrected chi connectivity index (χ3v) is 3.00. The van der Waals surface area contributed by atoms with Gasteiger partial charge in [-0.2, -0.15) is 0 Å². The van der Waals surface area contributed by atoms with Gasteiger partial charge in [0.15, 0.2) is 12.1 Å². The normalized spacial score (nSPS) is 25.4. The van der Waals surface area contributed by atoms with Crippen LogP contribution in [0.5, 0.6) is 0 Å². The van der Waals surface area contributed by atoms with Gasteiger partial charge < -0.3 is 4.74 Å². The zero-order valence-electron chi connectivity index (χ0n) is 8.63. The number of carbonyl (C=O) groups excluding carboxylic acids is 2. The van der Waals surface area contributed by atoms with E-state index in [4.69, 9.17) is 4.74 Å². The molecular formula is C10H16BrNO3. The lowest BCUT2D eigenvalue weighted by Gasteiger charge is -2.19. The Labute approximate surface area is 97.9 Å². The first-order chi connectivity index (χ1) is 7.25. The van der Waals surface area contributed by atoms with Crippen molar-refractivity contribution in [3.05, 3.63) is 0 Å². The van der Waals surface area contributed by atoms with Gasteiger partial charge in [-0.25, -0.2) is 0 Å². The summed E-state index contributed by atoms with van der Waals surface area (Å²) in [6.45, 7) is 0.984. The Balaban J connectivity index is 2.34. The summed E-state index contributed by atoms with van der Waals surface area (Å²) in [4.78, 5) is 22.6. The van der Waals surface area contributed by atoms with Crippen molar-refractivity contribution in [2.24, 2.45) is 0 Å². The first-order valence-electron chi connectivity index (χ1n) is 5.20. The maximum atomic E-state index is 11.7. The lowest BCUT2D eigenvalue weighted by atomic mass is 10.0. The summed E-state index contributed by atoms with van der Waals surface area (Å²) in [7, 11) is 0. The highest BCUT2D eigenvalue weighted by Gasteiger charge is 2.41. The molecule has 0 aromatic carbocycles. The van der Waals surface area contributed by atoms with E-state index in [1.165, 1.54) is 0 Å². The number of hydrogen-bond acceptors (Lipinski definition) is 4. The van der Waals surface area contributed by atoms with Gasteiger partial charge in [-0.1, -0.05) is 22.4 Å². The van der Waals surface area contributed by atoms with Gasteiger partial charge >= 0.3 is 0 Å². The van der Waals surface area contributed by atoms with Gasteiger partial charge in [0.1, 0.15) is 0 Å². The van der Waals surface area contributed by atoms with Crippen molar-refractivity contribution in [2.45, 2.75) is 31.4 Å². The Bertz CT molecular complexity index is 227. The van der Waals surface area contributed by atoms with E-state index in [9.17, 15) is 9.59 Å². The Morgan fingerprint density at radius 1 is 1.47 bits per heavy atom. The lowest BCUT2D eigenvalue weighted by Crippen LogP contribution is -2.50. The zero-order valence-corrected chi connectivity index (χ0v) is 10.2. The van der Waals surface area contributed by atoms with Crippen molar-refractivity contribution in [1.29, 1.82) is 0 Å². The van der Waals surface area contributed by atoms with Crippen LogP contribution in [-0.2, 0) is 14.3 Å². The third kappa shape index (κ3) is 3.36. The molecule has 1 aliphatic heterocycles. The molecule has 0 aliphatic carbocycles. The Morgan fingerprint density at radius 2 is 2.27 bits per heavy atom. The molecule has 1 saturated heterocycles. The molecular weight excluding hydrogens is 262 g/mol.